The molecule has 1 fully saturated rings. The van der Waals surface area contributed by atoms with E-state index >= 15 is 0 Å². The largest absolute Gasteiger partial charge is 0.385 e. The zero-order valence-electron chi connectivity index (χ0n) is 9.72. The second kappa shape index (κ2) is 7.24. The van der Waals surface area contributed by atoms with Crippen molar-refractivity contribution in [3.05, 3.63) is 0 Å². The highest BCUT2D eigenvalue weighted by Crippen LogP contribution is 2.27. The Morgan fingerprint density at radius 2 is 2.00 bits per heavy atom. The Bertz CT molecular complexity index is 132. The summed E-state index contributed by atoms with van der Waals surface area (Å²) in [5.41, 5.74) is 0. The third kappa shape index (κ3) is 4.43. The quantitative estimate of drug-likeness (QED) is 0.636. The molecule has 0 amide bonds. The van der Waals surface area contributed by atoms with E-state index in [1.165, 1.54) is 38.5 Å². The van der Waals surface area contributed by atoms with Crippen molar-refractivity contribution in [2.24, 2.45) is 5.92 Å². The average Bonchev–Trinajstić information content (AvgIpc) is 2.70. The van der Waals surface area contributed by atoms with Crippen molar-refractivity contribution in [1.29, 1.82) is 0 Å². The van der Waals surface area contributed by atoms with E-state index in [-0.39, 0.29) is 0 Å². The molecule has 1 N–H and O–H groups in total. The highest BCUT2D eigenvalue weighted by molar-refractivity contribution is 4.76. The van der Waals surface area contributed by atoms with Gasteiger partial charge in [-0.05, 0) is 45.1 Å². The monoisotopic (exact) mass is 199 g/mol. The molecular weight excluding hydrogens is 174 g/mol. The molecule has 1 rings (SSSR count). The average molecular weight is 199 g/mol. The Morgan fingerprint density at radius 3 is 2.64 bits per heavy atom. The van der Waals surface area contributed by atoms with Crippen molar-refractivity contribution in [2.75, 3.05) is 20.3 Å². The van der Waals surface area contributed by atoms with Crippen LogP contribution in [0.1, 0.15) is 45.4 Å². The maximum absolute atomic E-state index is 5.02. The highest BCUT2D eigenvalue weighted by Gasteiger charge is 2.20. The Balaban J connectivity index is 1.94. The smallest absolute Gasteiger partial charge is 0.0462 e. The summed E-state index contributed by atoms with van der Waals surface area (Å²) in [6.07, 6.45) is 8.19. The van der Waals surface area contributed by atoms with Gasteiger partial charge in [-0.2, -0.15) is 0 Å². The first-order chi connectivity index (χ1) is 6.84. The minimum atomic E-state index is 0.722. The van der Waals surface area contributed by atoms with Crippen LogP contribution in [0.2, 0.25) is 0 Å². The van der Waals surface area contributed by atoms with Gasteiger partial charge in [0.25, 0.3) is 0 Å². The molecule has 2 heteroatoms. The fourth-order valence-electron chi connectivity index (χ4n) is 2.33. The van der Waals surface area contributed by atoms with Gasteiger partial charge in [0, 0.05) is 19.8 Å². The summed E-state index contributed by atoms with van der Waals surface area (Å²) in [4.78, 5) is 0. The topological polar surface area (TPSA) is 21.3 Å². The maximum atomic E-state index is 5.02. The molecule has 1 atom stereocenters. The van der Waals surface area contributed by atoms with Crippen LogP contribution < -0.4 is 5.32 Å². The van der Waals surface area contributed by atoms with Crippen molar-refractivity contribution >= 4 is 0 Å². The van der Waals surface area contributed by atoms with E-state index < -0.39 is 0 Å². The van der Waals surface area contributed by atoms with Gasteiger partial charge in [-0.3, -0.25) is 0 Å². The van der Waals surface area contributed by atoms with Crippen molar-refractivity contribution < 1.29 is 4.74 Å². The number of methoxy groups -OCH3 is 1. The first-order valence-corrected chi connectivity index (χ1v) is 6.07. The standard InChI is InChI=1S/C12H25NO/c1-11(12-7-3-4-8-12)13-9-5-6-10-14-2/h11-13H,3-10H2,1-2H3. The molecule has 2 nitrogen and oxygen atoms in total. The molecule has 0 aromatic carbocycles. The zero-order chi connectivity index (χ0) is 10.2. The van der Waals surface area contributed by atoms with E-state index in [1.54, 1.807) is 7.11 Å². The second-order valence-electron chi connectivity index (χ2n) is 4.49. The molecule has 1 aliphatic rings. The third-order valence-electron chi connectivity index (χ3n) is 3.35. The van der Waals surface area contributed by atoms with E-state index in [0.29, 0.717) is 0 Å². The Labute approximate surface area is 88.4 Å². The Hall–Kier alpha value is -0.0800. The molecular formula is C12H25NO. The van der Waals surface area contributed by atoms with Gasteiger partial charge in [0.1, 0.15) is 0 Å². The molecule has 0 bridgehead atoms. The van der Waals surface area contributed by atoms with Crippen LogP contribution in [0.15, 0.2) is 0 Å². The van der Waals surface area contributed by atoms with Crippen LogP contribution in [-0.4, -0.2) is 26.3 Å². The molecule has 0 radical (unpaired) electrons. The summed E-state index contributed by atoms with van der Waals surface area (Å²) in [5.74, 6) is 0.942. The highest BCUT2D eigenvalue weighted by atomic mass is 16.5. The number of ether oxygens (including phenoxy) is 1. The number of hydrogen-bond acceptors (Lipinski definition) is 2. The Kier molecular flexibility index (Phi) is 6.20. The summed E-state index contributed by atoms with van der Waals surface area (Å²) in [6.45, 7) is 4.40. The summed E-state index contributed by atoms with van der Waals surface area (Å²) in [5, 5.41) is 3.63. The molecule has 84 valence electrons. The van der Waals surface area contributed by atoms with E-state index in [9.17, 15) is 0 Å². The third-order valence-corrected chi connectivity index (χ3v) is 3.35. The van der Waals surface area contributed by atoms with Gasteiger partial charge in [-0.15, -0.1) is 0 Å². The summed E-state index contributed by atoms with van der Waals surface area (Å²) in [7, 11) is 1.77. The predicted octanol–water partition coefficient (Wildman–Crippen LogP) is 2.58. The van der Waals surface area contributed by atoms with Gasteiger partial charge < -0.3 is 10.1 Å². The van der Waals surface area contributed by atoms with Gasteiger partial charge in [-0.1, -0.05) is 12.8 Å². The van der Waals surface area contributed by atoms with E-state index in [0.717, 1.165) is 25.1 Å². The van der Waals surface area contributed by atoms with Gasteiger partial charge in [0.05, 0.1) is 0 Å². The van der Waals surface area contributed by atoms with Crippen LogP contribution in [0.3, 0.4) is 0 Å². The molecule has 0 heterocycles. The molecule has 0 saturated heterocycles. The second-order valence-corrected chi connectivity index (χ2v) is 4.49. The van der Waals surface area contributed by atoms with Gasteiger partial charge in [0.2, 0.25) is 0 Å². The van der Waals surface area contributed by atoms with Crippen molar-refractivity contribution in [3.8, 4) is 0 Å². The number of unbranched alkanes of at least 4 members (excludes halogenated alkanes) is 1. The van der Waals surface area contributed by atoms with E-state index in [1.807, 2.05) is 0 Å². The maximum Gasteiger partial charge on any atom is 0.0462 e. The van der Waals surface area contributed by atoms with Crippen LogP contribution in [0.4, 0.5) is 0 Å². The van der Waals surface area contributed by atoms with Crippen molar-refractivity contribution in [3.63, 3.8) is 0 Å². The Morgan fingerprint density at radius 1 is 1.29 bits per heavy atom. The zero-order valence-corrected chi connectivity index (χ0v) is 9.72. The lowest BCUT2D eigenvalue weighted by Crippen LogP contribution is -2.33. The minimum absolute atomic E-state index is 0.722. The normalized spacial score (nSPS) is 20.1. The number of rotatable bonds is 7. The lowest BCUT2D eigenvalue weighted by Gasteiger charge is -2.20. The summed E-state index contributed by atoms with van der Waals surface area (Å²) < 4.78 is 5.02. The van der Waals surface area contributed by atoms with Crippen molar-refractivity contribution in [1.82, 2.24) is 5.32 Å². The van der Waals surface area contributed by atoms with Gasteiger partial charge in [-0.25, -0.2) is 0 Å². The van der Waals surface area contributed by atoms with Gasteiger partial charge in [0.15, 0.2) is 0 Å². The van der Waals surface area contributed by atoms with Gasteiger partial charge >= 0.3 is 0 Å². The van der Waals surface area contributed by atoms with E-state index in [2.05, 4.69) is 12.2 Å². The SMILES string of the molecule is COCCCCNC(C)C1CCCC1. The molecule has 0 aliphatic heterocycles. The van der Waals surface area contributed by atoms with E-state index in [4.69, 9.17) is 4.74 Å². The minimum Gasteiger partial charge on any atom is -0.385 e. The molecule has 0 aromatic heterocycles. The first kappa shape index (κ1) is 12.0. The van der Waals surface area contributed by atoms with Crippen LogP contribution in [-0.2, 0) is 4.74 Å². The summed E-state index contributed by atoms with van der Waals surface area (Å²) >= 11 is 0. The predicted molar refractivity (Wildman–Crippen MR) is 60.5 cm³/mol. The van der Waals surface area contributed by atoms with Crippen LogP contribution in [0.5, 0.6) is 0 Å². The fraction of sp³-hybridized carbons (Fsp3) is 1.00. The fourth-order valence-corrected chi connectivity index (χ4v) is 2.33. The molecule has 0 aromatic rings. The molecule has 1 unspecified atom stereocenters. The molecule has 1 aliphatic carbocycles. The summed E-state index contributed by atoms with van der Waals surface area (Å²) in [6, 6.07) is 0.722. The molecule has 14 heavy (non-hydrogen) atoms. The number of hydrogen-bond donors (Lipinski definition) is 1. The lowest BCUT2D eigenvalue weighted by atomic mass is 10.00. The van der Waals surface area contributed by atoms with Crippen molar-refractivity contribution in [2.45, 2.75) is 51.5 Å². The van der Waals surface area contributed by atoms with Crippen LogP contribution >= 0.6 is 0 Å². The van der Waals surface area contributed by atoms with Crippen LogP contribution in [0.25, 0.3) is 0 Å². The van der Waals surface area contributed by atoms with Crippen LogP contribution in [0, 0.1) is 5.92 Å². The lowest BCUT2D eigenvalue weighted by molar-refractivity contribution is 0.192. The first-order valence-electron chi connectivity index (χ1n) is 6.07. The number of nitrogens with one attached hydrogen (secondary N) is 1. The molecule has 1 saturated carbocycles. The molecule has 0 spiro atoms.